The Bertz CT molecular complexity index is 919. The minimum Gasteiger partial charge on any atom is -0.444 e. The van der Waals surface area contributed by atoms with Gasteiger partial charge in [-0.1, -0.05) is 24.3 Å². The van der Waals surface area contributed by atoms with Gasteiger partial charge in [0.1, 0.15) is 5.60 Å². The van der Waals surface area contributed by atoms with Crippen LogP contribution in [0.25, 0.3) is 6.08 Å². The first-order chi connectivity index (χ1) is 13.5. The number of hydrogen-bond donors (Lipinski definition) is 2. The van der Waals surface area contributed by atoms with Crippen molar-refractivity contribution in [3.63, 3.8) is 0 Å². The van der Waals surface area contributed by atoms with E-state index in [0.29, 0.717) is 11.0 Å². The van der Waals surface area contributed by atoms with E-state index < -0.39 is 40.0 Å². The standard InChI is InChI=1S/C20H31BN2O6S/c1-18(2,3)27-17(24)23-13-15(21-28-19(4,5)20(6,7)29-21)12-14-10-8-9-11-16(14)30(22,25)26/h8-12H,13H2,1-7H3,(H,23,24)(H2,22,25,26). The van der Waals surface area contributed by atoms with Crippen LogP contribution in [0.4, 0.5) is 4.79 Å². The zero-order valence-corrected chi connectivity index (χ0v) is 19.4. The van der Waals surface area contributed by atoms with Gasteiger partial charge in [0.2, 0.25) is 10.0 Å². The van der Waals surface area contributed by atoms with Crippen LogP contribution >= 0.6 is 0 Å². The van der Waals surface area contributed by atoms with Crippen molar-refractivity contribution in [3.05, 3.63) is 35.3 Å². The summed E-state index contributed by atoms with van der Waals surface area (Å²) >= 11 is 0. The fourth-order valence-corrected chi connectivity index (χ4v) is 3.47. The lowest BCUT2D eigenvalue weighted by molar-refractivity contribution is 0.00578. The van der Waals surface area contributed by atoms with Gasteiger partial charge in [-0.15, -0.1) is 0 Å². The first kappa shape index (κ1) is 24.4. The Morgan fingerprint density at radius 2 is 1.70 bits per heavy atom. The molecule has 0 spiro atoms. The molecule has 30 heavy (non-hydrogen) atoms. The van der Waals surface area contributed by atoms with Crippen LogP contribution in [0.5, 0.6) is 0 Å². The predicted molar refractivity (Wildman–Crippen MR) is 116 cm³/mol. The molecule has 1 saturated heterocycles. The van der Waals surface area contributed by atoms with Gasteiger partial charge >= 0.3 is 13.2 Å². The fourth-order valence-electron chi connectivity index (χ4n) is 2.74. The molecule has 1 aliphatic heterocycles. The van der Waals surface area contributed by atoms with Crippen molar-refractivity contribution in [3.8, 4) is 0 Å². The number of carbonyl (C=O) groups is 1. The summed E-state index contributed by atoms with van der Waals surface area (Å²) in [5.74, 6) is 0. The number of rotatable bonds is 5. The molecule has 0 unspecified atom stereocenters. The Hall–Kier alpha value is -1.88. The van der Waals surface area contributed by atoms with E-state index in [9.17, 15) is 13.2 Å². The molecule has 0 radical (unpaired) electrons. The molecule has 8 nitrogen and oxygen atoms in total. The highest BCUT2D eigenvalue weighted by atomic mass is 32.2. The number of hydrogen-bond acceptors (Lipinski definition) is 6. The van der Waals surface area contributed by atoms with E-state index in [1.54, 1.807) is 45.0 Å². The second-order valence-electron chi connectivity index (χ2n) is 9.25. The van der Waals surface area contributed by atoms with E-state index >= 15 is 0 Å². The predicted octanol–water partition coefficient (Wildman–Crippen LogP) is 2.87. The molecule has 1 fully saturated rings. The molecule has 3 N–H and O–H groups in total. The lowest BCUT2D eigenvalue weighted by Gasteiger charge is -2.32. The Morgan fingerprint density at radius 3 is 2.20 bits per heavy atom. The summed E-state index contributed by atoms with van der Waals surface area (Å²) in [5, 5.41) is 8.03. The third kappa shape index (κ3) is 6.07. The summed E-state index contributed by atoms with van der Waals surface area (Å²) in [6.45, 7) is 13.0. The summed E-state index contributed by atoms with van der Waals surface area (Å²) in [7, 11) is -4.73. The van der Waals surface area contributed by atoms with Crippen molar-refractivity contribution in [2.75, 3.05) is 6.54 Å². The van der Waals surface area contributed by atoms with Crippen LogP contribution in [0.15, 0.2) is 34.6 Å². The van der Waals surface area contributed by atoms with E-state index in [1.165, 1.54) is 6.07 Å². The molecule has 0 atom stereocenters. The Balaban J connectivity index is 2.41. The maximum Gasteiger partial charge on any atom is 0.492 e. The zero-order valence-electron chi connectivity index (χ0n) is 18.6. The van der Waals surface area contributed by atoms with E-state index in [0.717, 1.165) is 0 Å². The first-order valence-corrected chi connectivity index (χ1v) is 11.2. The number of nitrogens with two attached hydrogens (primary N) is 1. The average molecular weight is 438 g/mol. The van der Waals surface area contributed by atoms with Crippen molar-refractivity contribution in [1.82, 2.24) is 5.32 Å². The summed E-state index contributed by atoms with van der Waals surface area (Å²) in [4.78, 5) is 12.1. The summed E-state index contributed by atoms with van der Waals surface area (Å²) in [6.07, 6.45) is 1.00. The SMILES string of the molecule is CC(C)(C)OC(=O)NCC(=Cc1ccccc1S(N)(=O)=O)B1OC(C)(C)C(C)(C)O1. The maximum atomic E-state index is 12.2. The molecule has 1 aromatic carbocycles. The number of alkyl carbamates (subject to hydrolysis) is 1. The number of benzene rings is 1. The summed E-state index contributed by atoms with van der Waals surface area (Å²) in [5.41, 5.74) is -0.977. The quantitative estimate of drug-likeness (QED) is 0.683. The van der Waals surface area contributed by atoms with Gasteiger partial charge in [-0.2, -0.15) is 0 Å². The molecule has 166 valence electrons. The molecule has 10 heteroatoms. The van der Waals surface area contributed by atoms with Crippen molar-refractivity contribution in [1.29, 1.82) is 0 Å². The molecule has 1 heterocycles. The molecular weight excluding hydrogens is 407 g/mol. The molecule has 0 saturated carbocycles. The molecule has 0 aromatic heterocycles. The molecule has 1 aromatic rings. The summed E-state index contributed by atoms with van der Waals surface area (Å²) < 4.78 is 41.4. The van der Waals surface area contributed by atoms with Gasteiger partial charge in [-0.25, -0.2) is 18.4 Å². The second-order valence-corrected chi connectivity index (χ2v) is 10.8. The van der Waals surface area contributed by atoms with Gasteiger partial charge in [0.05, 0.1) is 16.1 Å². The van der Waals surface area contributed by atoms with E-state index in [4.69, 9.17) is 19.2 Å². The van der Waals surface area contributed by atoms with Crippen LogP contribution in [-0.2, 0) is 24.1 Å². The van der Waals surface area contributed by atoms with Gasteiger partial charge < -0.3 is 19.4 Å². The molecule has 0 bridgehead atoms. The van der Waals surface area contributed by atoms with Crippen LogP contribution in [0.3, 0.4) is 0 Å². The lowest BCUT2D eigenvalue weighted by Crippen LogP contribution is -2.41. The highest BCUT2D eigenvalue weighted by Crippen LogP contribution is 2.39. The number of amides is 1. The van der Waals surface area contributed by atoms with Crippen molar-refractivity contribution >= 4 is 29.3 Å². The maximum absolute atomic E-state index is 12.2. The van der Waals surface area contributed by atoms with Crippen molar-refractivity contribution in [2.24, 2.45) is 5.14 Å². The van der Waals surface area contributed by atoms with Gasteiger partial charge in [-0.3, -0.25) is 0 Å². The van der Waals surface area contributed by atoms with Crippen LogP contribution in [0.2, 0.25) is 0 Å². The molecular formula is C20H31BN2O6S. The number of sulfonamides is 1. The molecule has 2 rings (SSSR count). The minimum absolute atomic E-state index is 0.0312. The number of nitrogens with one attached hydrogen (secondary N) is 1. The molecule has 1 amide bonds. The Morgan fingerprint density at radius 1 is 1.17 bits per heavy atom. The topological polar surface area (TPSA) is 117 Å². The van der Waals surface area contributed by atoms with E-state index in [-0.39, 0.29) is 11.4 Å². The van der Waals surface area contributed by atoms with E-state index in [2.05, 4.69) is 5.32 Å². The van der Waals surface area contributed by atoms with Crippen LogP contribution in [0.1, 0.15) is 54.0 Å². The second kappa shape index (κ2) is 8.34. The smallest absolute Gasteiger partial charge is 0.444 e. The van der Waals surface area contributed by atoms with Crippen LogP contribution in [-0.4, -0.2) is 45.0 Å². The number of carbonyl (C=O) groups excluding carboxylic acids is 1. The van der Waals surface area contributed by atoms with Crippen LogP contribution < -0.4 is 10.5 Å². The number of ether oxygens (including phenoxy) is 1. The first-order valence-electron chi connectivity index (χ1n) is 9.67. The number of primary sulfonamides is 1. The molecule has 0 aliphatic carbocycles. The zero-order chi connectivity index (χ0) is 23.0. The Labute approximate surface area is 179 Å². The van der Waals surface area contributed by atoms with E-state index in [1.807, 2.05) is 27.7 Å². The highest BCUT2D eigenvalue weighted by Gasteiger charge is 2.52. The van der Waals surface area contributed by atoms with Crippen molar-refractivity contribution in [2.45, 2.75) is 70.2 Å². The monoisotopic (exact) mass is 438 g/mol. The summed E-state index contributed by atoms with van der Waals surface area (Å²) in [6, 6.07) is 6.33. The third-order valence-corrected chi connectivity index (χ3v) is 5.94. The Kier molecular flexibility index (Phi) is 6.78. The van der Waals surface area contributed by atoms with Gasteiger partial charge in [0.25, 0.3) is 0 Å². The average Bonchev–Trinajstić information content (AvgIpc) is 2.77. The minimum atomic E-state index is -3.94. The fraction of sp³-hybridized carbons (Fsp3) is 0.550. The lowest BCUT2D eigenvalue weighted by atomic mass is 9.77. The van der Waals surface area contributed by atoms with Gasteiger partial charge in [0.15, 0.2) is 0 Å². The molecule has 1 aliphatic rings. The third-order valence-electron chi connectivity index (χ3n) is 4.96. The van der Waals surface area contributed by atoms with Crippen LogP contribution in [0, 0.1) is 0 Å². The normalized spacial score (nSPS) is 18.9. The van der Waals surface area contributed by atoms with Gasteiger partial charge in [0, 0.05) is 6.54 Å². The van der Waals surface area contributed by atoms with Gasteiger partial charge in [-0.05, 0) is 65.6 Å². The highest BCUT2D eigenvalue weighted by molar-refractivity contribution is 7.89. The largest absolute Gasteiger partial charge is 0.492 e. The van der Waals surface area contributed by atoms with Crippen molar-refractivity contribution < 1.29 is 27.3 Å².